The van der Waals surface area contributed by atoms with E-state index in [-0.39, 0.29) is 17.6 Å². The van der Waals surface area contributed by atoms with Gasteiger partial charge < -0.3 is 14.6 Å². The fraction of sp³-hybridized carbons (Fsp3) is 0.222. The summed E-state index contributed by atoms with van der Waals surface area (Å²) in [5.41, 5.74) is 2.31. The number of aromatic amines is 1. The molecule has 1 aromatic heterocycles. The van der Waals surface area contributed by atoms with E-state index in [2.05, 4.69) is 9.97 Å². The number of benzene rings is 2. The molecular weight excluding hydrogens is 309 g/mol. The predicted octanol–water partition coefficient (Wildman–Crippen LogP) is 2.92. The Morgan fingerprint density at radius 1 is 1.29 bits per heavy atom. The molecule has 3 aromatic rings. The Morgan fingerprint density at radius 3 is 2.96 bits per heavy atom. The molecule has 0 radical (unpaired) electrons. The second kappa shape index (κ2) is 6.05. The van der Waals surface area contributed by atoms with Gasteiger partial charge in [0.2, 0.25) is 0 Å². The third kappa shape index (κ3) is 2.65. The largest absolute Gasteiger partial charge is 0.370 e. The molecule has 4 rings (SSSR count). The highest BCUT2D eigenvalue weighted by Crippen LogP contribution is 2.25. The van der Waals surface area contributed by atoms with Gasteiger partial charge in [0.25, 0.3) is 5.91 Å². The van der Waals surface area contributed by atoms with Gasteiger partial charge in [0.15, 0.2) is 0 Å². The molecule has 0 unspecified atom stereocenters. The third-order valence-corrected chi connectivity index (χ3v) is 4.24. The number of nitrogens with zero attached hydrogens (tertiary/aromatic N) is 2. The van der Waals surface area contributed by atoms with Crippen molar-refractivity contribution in [3.8, 4) is 0 Å². The van der Waals surface area contributed by atoms with Crippen molar-refractivity contribution in [2.45, 2.75) is 6.10 Å². The normalized spacial score (nSPS) is 18.0. The number of rotatable bonds is 2. The first-order chi connectivity index (χ1) is 11.7. The fourth-order valence-electron chi connectivity index (χ4n) is 3.05. The number of aromatic nitrogens is 2. The number of amides is 1. The van der Waals surface area contributed by atoms with Gasteiger partial charge in [-0.25, -0.2) is 9.37 Å². The van der Waals surface area contributed by atoms with Crippen molar-refractivity contribution >= 4 is 16.9 Å². The number of nitrogens with one attached hydrogen (secondary N) is 1. The molecule has 1 aliphatic rings. The van der Waals surface area contributed by atoms with Crippen molar-refractivity contribution < 1.29 is 13.9 Å². The van der Waals surface area contributed by atoms with E-state index in [1.165, 1.54) is 18.5 Å². The zero-order valence-corrected chi connectivity index (χ0v) is 12.9. The van der Waals surface area contributed by atoms with Gasteiger partial charge in [-0.05, 0) is 17.7 Å². The maximum atomic E-state index is 13.8. The molecule has 1 fully saturated rings. The Balaban J connectivity index is 1.63. The summed E-state index contributed by atoms with van der Waals surface area (Å²) in [5, 5.41) is 0. The van der Waals surface area contributed by atoms with Gasteiger partial charge in [0, 0.05) is 6.54 Å². The van der Waals surface area contributed by atoms with E-state index in [1.54, 1.807) is 4.90 Å². The second-order valence-corrected chi connectivity index (χ2v) is 5.77. The van der Waals surface area contributed by atoms with Gasteiger partial charge in [-0.2, -0.15) is 0 Å². The summed E-state index contributed by atoms with van der Waals surface area (Å²) in [6.45, 7) is 1.36. The van der Waals surface area contributed by atoms with E-state index >= 15 is 0 Å². The third-order valence-electron chi connectivity index (χ3n) is 4.24. The van der Waals surface area contributed by atoms with E-state index in [0.717, 1.165) is 5.56 Å². The smallest absolute Gasteiger partial charge is 0.256 e. The molecule has 6 heteroatoms. The molecule has 0 spiro atoms. The quantitative estimate of drug-likeness (QED) is 0.788. The van der Waals surface area contributed by atoms with Crippen molar-refractivity contribution in [3.05, 3.63) is 65.7 Å². The van der Waals surface area contributed by atoms with Crippen molar-refractivity contribution in [1.29, 1.82) is 0 Å². The van der Waals surface area contributed by atoms with E-state index in [9.17, 15) is 9.18 Å². The summed E-state index contributed by atoms with van der Waals surface area (Å²) in [6.07, 6.45) is 1.29. The van der Waals surface area contributed by atoms with Crippen LogP contribution < -0.4 is 0 Å². The number of ether oxygens (including phenoxy) is 1. The lowest BCUT2D eigenvalue weighted by Crippen LogP contribution is -2.42. The van der Waals surface area contributed by atoms with Gasteiger partial charge in [0.05, 0.1) is 30.6 Å². The Kier molecular flexibility index (Phi) is 3.74. The van der Waals surface area contributed by atoms with Crippen LogP contribution in [0.15, 0.2) is 48.8 Å². The molecule has 0 saturated carbocycles. The predicted molar refractivity (Wildman–Crippen MR) is 87.1 cm³/mol. The lowest BCUT2D eigenvalue weighted by Gasteiger charge is -2.33. The number of hydrogen-bond donors (Lipinski definition) is 1. The van der Waals surface area contributed by atoms with E-state index in [1.807, 2.05) is 30.3 Å². The topological polar surface area (TPSA) is 58.2 Å². The summed E-state index contributed by atoms with van der Waals surface area (Å²) < 4.78 is 19.6. The highest BCUT2D eigenvalue weighted by Gasteiger charge is 2.27. The van der Waals surface area contributed by atoms with Gasteiger partial charge in [-0.1, -0.05) is 30.3 Å². The summed E-state index contributed by atoms with van der Waals surface area (Å²) in [4.78, 5) is 21.6. The number of morpholine rings is 1. The minimum Gasteiger partial charge on any atom is -0.370 e. The first-order valence-electron chi connectivity index (χ1n) is 7.81. The highest BCUT2D eigenvalue weighted by molar-refractivity contribution is 6.04. The van der Waals surface area contributed by atoms with Gasteiger partial charge in [-0.3, -0.25) is 4.79 Å². The maximum Gasteiger partial charge on any atom is 0.256 e. The van der Waals surface area contributed by atoms with Crippen LogP contribution in [0.1, 0.15) is 22.0 Å². The van der Waals surface area contributed by atoms with Crippen LogP contribution in [0.2, 0.25) is 0 Å². The van der Waals surface area contributed by atoms with Crippen LogP contribution in [0.3, 0.4) is 0 Å². The molecule has 1 saturated heterocycles. The Hall–Kier alpha value is -2.73. The van der Waals surface area contributed by atoms with Gasteiger partial charge >= 0.3 is 0 Å². The standard InChI is InChI=1S/C18H16FN3O2/c19-13-8-14(17-15(9-13)20-11-21-17)18(23)22-6-7-24-16(10-22)12-4-2-1-3-5-12/h1-5,8-9,11,16H,6-7,10H2,(H,20,21)/t16-/m1/s1. The molecule has 1 N–H and O–H groups in total. The van der Waals surface area contributed by atoms with E-state index in [0.29, 0.717) is 30.7 Å². The molecule has 2 heterocycles. The number of carbonyl (C=O) groups excluding carboxylic acids is 1. The summed E-state index contributed by atoms with van der Waals surface area (Å²) in [7, 11) is 0. The molecule has 5 nitrogen and oxygen atoms in total. The molecule has 1 atom stereocenters. The van der Waals surface area contributed by atoms with E-state index in [4.69, 9.17) is 4.74 Å². The molecule has 0 aliphatic carbocycles. The fourth-order valence-corrected chi connectivity index (χ4v) is 3.05. The van der Waals surface area contributed by atoms with Gasteiger partial charge in [0.1, 0.15) is 17.4 Å². The Bertz CT molecular complexity index is 878. The minimum atomic E-state index is -0.456. The SMILES string of the molecule is O=C(c1cc(F)cc2[nH]cnc12)N1CCO[C@@H](c2ccccc2)C1. The Morgan fingerprint density at radius 2 is 2.12 bits per heavy atom. The first kappa shape index (κ1) is 14.8. The highest BCUT2D eigenvalue weighted by atomic mass is 19.1. The zero-order chi connectivity index (χ0) is 16.5. The molecule has 24 heavy (non-hydrogen) atoms. The van der Waals surface area contributed by atoms with Crippen LogP contribution in [0.4, 0.5) is 4.39 Å². The lowest BCUT2D eigenvalue weighted by atomic mass is 10.1. The van der Waals surface area contributed by atoms with Crippen LogP contribution >= 0.6 is 0 Å². The Labute approximate surface area is 138 Å². The van der Waals surface area contributed by atoms with E-state index < -0.39 is 5.82 Å². The summed E-state index contributed by atoms with van der Waals surface area (Å²) in [5.74, 6) is -0.682. The van der Waals surface area contributed by atoms with Crippen LogP contribution in [0, 0.1) is 5.82 Å². The number of fused-ring (bicyclic) bond motifs is 1. The zero-order valence-electron chi connectivity index (χ0n) is 12.9. The van der Waals surface area contributed by atoms with Crippen molar-refractivity contribution in [3.63, 3.8) is 0 Å². The summed E-state index contributed by atoms with van der Waals surface area (Å²) >= 11 is 0. The second-order valence-electron chi connectivity index (χ2n) is 5.77. The first-order valence-corrected chi connectivity index (χ1v) is 7.81. The summed E-state index contributed by atoms with van der Waals surface area (Å²) in [6, 6.07) is 12.4. The average molecular weight is 325 g/mol. The van der Waals surface area contributed by atoms with Crippen LogP contribution in [-0.2, 0) is 4.74 Å². The lowest BCUT2D eigenvalue weighted by molar-refractivity contribution is -0.0227. The number of carbonyl (C=O) groups is 1. The molecule has 1 amide bonds. The number of hydrogen-bond acceptors (Lipinski definition) is 3. The molecule has 0 bridgehead atoms. The molecule has 1 aliphatic heterocycles. The van der Waals surface area contributed by atoms with Crippen molar-refractivity contribution in [2.75, 3.05) is 19.7 Å². The van der Waals surface area contributed by atoms with Crippen LogP contribution in [0.25, 0.3) is 11.0 Å². The van der Waals surface area contributed by atoms with Crippen molar-refractivity contribution in [2.24, 2.45) is 0 Å². The van der Waals surface area contributed by atoms with Crippen LogP contribution in [-0.4, -0.2) is 40.5 Å². The monoisotopic (exact) mass is 325 g/mol. The molecule has 2 aromatic carbocycles. The van der Waals surface area contributed by atoms with Crippen LogP contribution in [0.5, 0.6) is 0 Å². The minimum absolute atomic E-state index is 0.174. The number of H-pyrrole nitrogens is 1. The number of imidazole rings is 1. The molecule has 122 valence electrons. The van der Waals surface area contributed by atoms with Crippen molar-refractivity contribution in [1.82, 2.24) is 14.9 Å². The average Bonchev–Trinajstić information content (AvgIpc) is 3.09. The van der Waals surface area contributed by atoms with Gasteiger partial charge in [-0.15, -0.1) is 0 Å². The maximum absolute atomic E-state index is 13.8. The molecular formula is C18H16FN3O2. The number of halogens is 1.